The maximum Gasteiger partial charge on any atom is 0.242 e. The largest absolute Gasteiger partial charge is 0.493 e. The quantitative estimate of drug-likeness (QED) is 0.365. The molecule has 0 fully saturated rings. The van der Waals surface area contributed by atoms with Crippen LogP contribution in [0.3, 0.4) is 0 Å². The number of aromatic nitrogens is 2. The average molecular weight is 472 g/mol. The number of fused-ring (bicyclic) bond motifs is 1. The van der Waals surface area contributed by atoms with Crippen LogP contribution in [-0.4, -0.2) is 36.2 Å². The van der Waals surface area contributed by atoms with E-state index in [1.165, 1.54) is 16.7 Å². The topological polar surface area (TPSA) is 65.4 Å². The lowest BCUT2D eigenvalue weighted by Crippen LogP contribution is -2.33. The zero-order valence-electron chi connectivity index (χ0n) is 21.1. The number of rotatable bonds is 9. The summed E-state index contributed by atoms with van der Waals surface area (Å²) < 4.78 is 12.8. The van der Waals surface area contributed by atoms with Gasteiger partial charge in [0.25, 0.3) is 0 Å². The molecule has 1 amide bonds. The second-order valence-electron chi connectivity index (χ2n) is 8.89. The summed E-state index contributed by atoms with van der Waals surface area (Å²) in [6.45, 7) is 6.65. The number of carbonyl (C=O) groups excluding carboxylic acids is 1. The van der Waals surface area contributed by atoms with Crippen molar-refractivity contribution in [3.63, 3.8) is 0 Å². The first-order valence-corrected chi connectivity index (χ1v) is 11.9. The van der Waals surface area contributed by atoms with Crippen molar-refractivity contribution < 1.29 is 14.3 Å². The van der Waals surface area contributed by atoms with Gasteiger partial charge in [0.05, 0.1) is 25.3 Å². The zero-order valence-corrected chi connectivity index (χ0v) is 21.1. The molecule has 6 nitrogen and oxygen atoms in total. The minimum Gasteiger partial charge on any atom is -0.493 e. The van der Waals surface area contributed by atoms with Crippen molar-refractivity contribution >= 4 is 16.9 Å². The van der Waals surface area contributed by atoms with Gasteiger partial charge >= 0.3 is 0 Å². The van der Waals surface area contributed by atoms with Gasteiger partial charge in [-0.3, -0.25) is 4.79 Å². The van der Waals surface area contributed by atoms with Gasteiger partial charge in [0.15, 0.2) is 11.5 Å². The van der Waals surface area contributed by atoms with E-state index in [-0.39, 0.29) is 5.91 Å². The molecule has 0 radical (unpaired) electrons. The van der Waals surface area contributed by atoms with Crippen LogP contribution in [0.25, 0.3) is 11.0 Å². The normalized spacial score (nSPS) is 11.9. The van der Waals surface area contributed by atoms with Crippen LogP contribution in [0.5, 0.6) is 11.5 Å². The van der Waals surface area contributed by atoms with Crippen molar-refractivity contribution in [1.82, 2.24) is 14.9 Å². The molecule has 35 heavy (non-hydrogen) atoms. The van der Waals surface area contributed by atoms with Crippen LogP contribution < -0.4 is 14.8 Å². The fourth-order valence-corrected chi connectivity index (χ4v) is 4.37. The summed E-state index contributed by atoms with van der Waals surface area (Å²) in [4.78, 5) is 18.2. The van der Waals surface area contributed by atoms with Crippen LogP contribution in [0.4, 0.5) is 0 Å². The van der Waals surface area contributed by atoms with E-state index in [0.29, 0.717) is 30.9 Å². The Morgan fingerprint density at radius 2 is 1.66 bits per heavy atom. The number of aryl methyl sites for hydroxylation is 2. The van der Waals surface area contributed by atoms with Crippen molar-refractivity contribution in [2.45, 2.75) is 39.7 Å². The lowest BCUT2D eigenvalue weighted by Gasteiger charge is -2.18. The second-order valence-corrected chi connectivity index (χ2v) is 8.89. The molecule has 0 saturated heterocycles. The summed E-state index contributed by atoms with van der Waals surface area (Å²) in [5, 5.41) is 3.11. The summed E-state index contributed by atoms with van der Waals surface area (Å²) in [5.74, 6) is 2.24. The lowest BCUT2D eigenvalue weighted by molar-refractivity contribution is -0.123. The Bertz CT molecular complexity index is 1330. The lowest BCUT2D eigenvalue weighted by atomic mass is 10.1. The highest BCUT2D eigenvalue weighted by Gasteiger charge is 2.22. The van der Waals surface area contributed by atoms with Gasteiger partial charge in [-0.05, 0) is 73.7 Å². The van der Waals surface area contributed by atoms with E-state index in [1.807, 2.05) is 43.3 Å². The highest BCUT2D eigenvalue weighted by Crippen LogP contribution is 2.28. The molecule has 1 N–H and O–H groups in total. The number of amides is 1. The van der Waals surface area contributed by atoms with Crippen molar-refractivity contribution in [3.8, 4) is 11.5 Å². The van der Waals surface area contributed by atoms with Crippen LogP contribution in [0, 0.1) is 13.8 Å². The number of hydrogen-bond acceptors (Lipinski definition) is 4. The first-order chi connectivity index (χ1) is 16.9. The third-order valence-corrected chi connectivity index (χ3v) is 6.51. The molecule has 0 spiro atoms. The smallest absolute Gasteiger partial charge is 0.242 e. The van der Waals surface area contributed by atoms with Gasteiger partial charge in [-0.2, -0.15) is 0 Å². The van der Waals surface area contributed by atoms with Gasteiger partial charge in [0, 0.05) is 13.0 Å². The summed E-state index contributed by atoms with van der Waals surface area (Å²) in [6.07, 6.45) is 1.36. The minimum atomic E-state index is -0.397. The number of ether oxygens (including phenoxy) is 2. The highest BCUT2D eigenvalue weighted by molar-refractivity contribution is 5.85. The Hall–Kier alpha value is -3.80. The van der Waals surface area contributed by atoms with E-state index in [9.17, 15) is 4.79 Å². The van der Waals surface area contributed by atoms with Gasteiger partial charge < -0.3 is 19.4 Å². The third kappa shape index (κ3) is 5.32. The highest BCUT2D eigenvalue weighted by atomic mass is 16.5. The van der Waals surface area contributed by atoms with Gasteiger partial charge in [0.1, 0.15) is 11.9 Å². The first kappa shape index (κ1) is 24.3. The molecule has 0 bridgehead atoms. The molecule has 0 aliphatic carbocycles. The molecule has 4 aromatic rings. The van der Waals surface area contributed by atoms with Crippen LogP contribution in [0.1, 0.15) is 41.0 Å². The van der Waals surface area contributed by atoms with Gasteiger partial charge in [-0.25, -0.2) is 4.98 Å². The van der Waals surface area contributed by atoms with Crippen LogP contribution in [0.15, 0.2) is 60.7 Å². The van der Waals surface area contributed by atoms with Crippen molar-refractivity contribution in [2.75, 3.05) is 20.8 Å². The number of hydrogen-bond donors (Lipinski definition) is 1. The van der Waals surface area contributed by atoms with Gasteiger partial charge in [0.2, 0.25) is 5.91 Å². The molecule has 1 aromatic heterocycles. The van der Waals surface area contributed by atoms with Gasteiger partial charge in [-0.15, -0.1) is 0 Å². The van der Waals surface area contributed by atoms with Crippen LogP contribution >= 0.6 is 0 Å². The molecule has 1 unspecified atom stereocenters. The fraction of sp³-hybridized carbons (Fsp3) is 0.310. The molecular formula is C29H33N3O3. The van der Waals surface area contributed by atoms with E-state index in [4.69, 9.17) is 14.5 Å². The zero-order chi connectivity index (χ0) is 24.9. The van der Waals surface area contributed by atoms with Crippen LogP contribution in [-0.2, 0) is 17.6 Å². The Morgan fingerprint density at radius 3 is 2.37 bits per heavy atom. The van der Waals surface area contributed by atoms with Crippen molar-refractivity contribution in [1.29, 1.82) is 0 Å². The maximum absolute atomic E-state index is 13.3. The second kappa shape index (κ2) is 10.6. The summed E-state index contributed by atoms with van der Waals surface area (Å²) in [7, 11) is 3.24. The summed E-state index contributed by atoms with van der Waals surface area (Å²) in [6, 6.07) is 19.9. The molecular weight excluding hydrogens is 438 g/mol. The molecule has 0 aliphatic heterocycles. The number of imidazole rings is 1. The van der Waals surface area contributed by atoms with E-state index in [1.54, 1.807) is 14.2 Å². The number of methoxy groups -OCH3 is 2. The molecule has 1 atom stereocenters. The van der Waals surface area contributed by atoms with Crippen molar-refractivity contribution in [2.24, 2.45) is 0 Å². The van der Waals surface area contributed by atoms with E-state index in [0.717, 1.165) is 22.4 Å². The van der Waals surface area contributed by atoms with Crippen LogP contribution in [0.2, 0.25) is 0 Å². The fourth-order valence-electron chi connectivity index (χ4n) is 4.37. The molecule has 3 aromatic carbocycles. The average Bonchev–Trinajstić information content (AvgIpc) is 3.20. The Labute approximate surface area is 206 Å². The Morgan fingerprint density at radius 1 is 0.943 bits per heavy atom. The molecule has 1 heterocycles. The monoisotopic (exact) mass is 471 g/mol. The Kier molecular flexibility index (Phi) is 7.39. The first-order valence-electron chi connectivity index (χ1n) is 11.9. The molecule has 4 rings (SSSR count). The summed E-state index contributed by atoms with van der Waals surface area (Å²) >= 11 is 0. The molecule has 182 valence electrons. The molecule has 6 heteroatoms. The van der Waals surface area contributed by atoms with Crippen molar-refractivity contribution in [3.05, 3.63) is 88.7 Å². The van der Waals surface area contributed by atoms with E-state index >= 15 is 0 Å². The van der Waals surface area contributed by atoms with Gasteiger partial charge in [-0.1, -0.05) is 36.4 Å². The molecule has 0 aliphatic rings. The van der Waals surface area contributed by atoms with E-state index in [2.05, 4.69) is 48.0 Å². The number of nitrogens with zero attached hydrogens (tertiary/aromatic N) is 2. The number of carbonyl (C=O) groups is 1. The summed E-state index contributed by atoms with van der Waals surface area (Å²) in [5.41, 5.74) is 6.52. The molecule has 0 saturated carbocycles. The number of benzene rings is 3. The minimum absolute atomic E-state index is 0.0303. The van der Waals surface area contributed by atoms with E-state index < -0.39 is 6.04 Å². The SMILES string of the molecule is COc1ccc(CCNC(=O)C(C)n2c(Cc3ccccc3)nc3cc(C)c(C)cc32)cc1OC. The number of nitrogens with one attached hydrogen (secondary N) is 1. The predicted octanol–water partition coefficient (Wildman–Crippen LogP) is 5.18. The predicted molar refractivity (Wildman–Crippen MR) is 139 cm³/mol. The maximum atomic E-state index is 13.3. The Balaban J connectivity index is 1.55. The standard InChI is InChI=1S/C29H33N3O3/c1-19-15-24-25(16-20(19)2)32(28(31-24)18-22-9-7-6-8-10-22)21(3)29(33)30-14-13-23-11-12-26(34-4)27(17-23)35-5/h6-12,15-17,21H,13-14,18H2,1-5H3,(H,30,33). The third-order valence-electron chi connectivity index (χ3n) is 6.51.